The van der Waals surface area contributed by atoms with Gasteiger partial charge in [-0.25, -0.2) is 9.78 Å². The normalized spacial score (nSPS) is 29.1. The van der Waals surface area contributed by atoms with Gasteiger partial charge in [-0.2, -0.15) is 4.98 Å². The lowest BCUT2D eigenvalue weighted by atomic mass is 9.73. The summed E-state index contributed by atoms with van der Waals surface area (Å²) in [5.41, 5.74) is 1.18. The van der Waals surface area contributed by atoms with E-state index in [-0.39, 0.29) is 30.2 Å². The molecule has 9 heteroatoms. The first-order chi connectivity index (χ1) is 19.5. The molecule has 4 fully saturated rings. The number of anilines is 2. The number of aliphatic carboxylic acids is 1. The fraction of sp³-hybridized carbons (Fsp3) is 0.613. The molecule has 214 valence electrons. The van der Waals surface area contributed by atoms with Crippen LogP contribution in [0, 0.1) is 17.8 Å². The van der Waals surface area contributed by atoms with E-state index in [1.165, 1.54) is 5.56 Å². The number of hydrogen-bond donors (Lipinski definition) is 2. The average Bonchev–Trinajstić information content (AvgIpc) is 3.34. The van der Waals surface area contributed by atoms with E-state index in [1.54, 1.807) is 6.20 Å². The van der Waals surface area contributed by atoms with Crippen LogP contribution in [0.5, 0.6) is 0 Å². The van der Waals surface area contributed by atoms with Crippen molar-refractivity contribution in [1.82, 2.24) is 14.9 Å². The van der Waals surface area contributed by atoms with Gasteiger partial charge in [-0.05, 0) is 81.3 Å². The third-order valence-corrected chi connectivity index (χ3v) is 9.67. The van der Waals surface area contributed by atoms with E-state index in [0.717, 1.165) is 83.1 Å². The molecule has 4 aliphatic rings. The predicted octanol–water partition coefficient (Wildman–Crippen LogP) is 5.33. The van der Waals surface area contributed by atoms with Crippen LogP contribution >= 0.6 is 0 Å². The molecule has 2 N–H and O–H groups in total. The average molecular weight is 548 g/mol. The number of hydrogen-bond acceptors (Lipinski definition) is 7. The third-order valence-electron chi connectivity index (χ3n) is 9.67. The molecule has 9 nitrogen and oxygen atoms in total. The molecule has 2 aliphatic carbocycles. The van der Waals surface area contributed by atoms with E-state index >= 15 is 0 Å². The van der Waals surface area contributed by atoms with Gasteiger partial charge in [0.25, 0.3) is 0 Å². The summed E-state index contributed by atoms with van der Waals surface area (Å²) in [6.45, 7) is 2.37. The predicted molar refractivity (Wildman–Crippen MR) is 152 cm³/mol. The molecule has 2 aromatic rings. The second kappa shape index (κ2) is 12.0. The first-order valence-corrected chi connectivity index (χ1v) is 15.1. The highest BCUT2D eigenvalue weighted by molar-refractivity contribution is 5.71. The first kappa shape index (κ1) is 26.8. The van der Waals surface area contributed by atoms with Crippen molar-refractivity contribution >= 4 is 23.8 Å². The zero-order chi connectivity index (χ0) is 27.5. The number of carboxylic acids is 1. The Balaban J connectivity index is 1.03. The Morgan fingerprint density at radius 3 is 2.52 bits per heavy atom. The lowest BCUT2D eigenvalue weighted by molar-refractivity contribution is -0.143. The largest absolute Gasteiger partial charge is 0.481 e. The number of carboxylic acid groups (broad SMARTS) is 1. The Morgan fingerprint density at radius 2 is 1.77 bits per heavy atom. The minimum Gasteiger partial charge on any atom is -0.481 e. The highest BCUT2D eigenvalue weighted by Crippen LogP contribution is 2.43. The third kappa shape index (κ3) is 5.88. The van der Waals surface area contributed by atoms with Crippen LogP contribution in [0.25, 0.3) is 0 Å². The van der Waals surface area contributed by atoms with Gasteiger partial charge in [0.2, 0.25) is 5.95 Å². The fourth-order valence-corrected chi connectivity index (χ4v) is 7.52. The zero-order valence-electron chi connectivity index (χ0n) is 23.2. The number of carbonyl (C=O) groups excluding carboxylic acids is 1. The van der Waals surface area contributed by atoms with Crippen LogP contribution in [0.4, 0.5) is 16.6 Å². The van der Waals surface area contributed by atoms with Gasteiger partial charge in [-0.1, -0.05) is 36.8 Å². The van der Waals surface area contributed by atoms with E-state index in [9.17, 15) is 14.7 Å². The summed E-state index contributed by atoms with van der Waals surface area (Å²) >= 11 is 0. The van der Waals surface area contributed by atoms with Gasteiger partial charge in [-0.3, -0.25) is 9.69 Å². The maximum atomic E-state index is 13.2. The number of amides is 1. The molecule has 2 saturated carbocycles. The molecule has 0 bridgehead atoms. The molecule has 6 rings (SSSR count). The van der Waals surface area contributed by atoms with E-state index in [4.69, 9.17) is 9.72 Å². The van der Waals surface area contributed by atoms with Crippen molar-refractivity contribution in [2.45, 2.75) is 88.9 Å². The van der Waals surface area contributed by atoms with Gasteiger partial charge in [0.1, 0.15) is 11.9 Å². The van der Waals surface area contributed by atoms with Crippen LogP contribution in [0.2, 0.25) is 0 Å². The standard InChI is InChI=1S/C31H41N5O4/c37-29(38)23-11-9-21(10-12-23)19-24-7-4-8-26-28(24)40-31(39)36(26)25-14-17-35(18-15-25)27-13-16-32-30(34-27)33-20-22-5-2-1-3-6-22/h1-3,5-6,13,16,21,23-26,28H,4,7-12,14-15,17-20H2,(H,37,38)(H,32,33,34). The second-order valence-electron chi connectivity index (χ2n) is 12.1. The van der Waals surface area contributed by atoms with Crippen molar-refractivity contribution in [3.05, 3.63) is 48.2 Å². The lowest BCUT2D eigenvalue weighted by Gasteiger charge is -2.41. The van der Waals surface area contributed by atoms with Crippen LogP contribution in [0.1, 0.15) is 69.8 Å². The Labute approximate surface area is 236 Å². The summed E-state index contributed by atoms with van der Waals surface area (Å²) < 4.78 is 6.09. The van der Waals surface area contributed by atoms with Crippen molar-refractivity contribution in [3.63, 3.8) is 0 Å². The minimum absolute atomic E-state index is 0.0170. The monoisotopic (exact) mass is 547 g/mol. The molecule has 0 spiro atoms. The molecule has 1 aromatic heterocycles. The quantitative estimate of drug-likeness (QED) is 0.457. The number of ether oxygens (including phenoxy) is 1. The number of nitrogens with one attached hydrogen (secondary N) is 1. The van der Waals surface area contributed by atoms with Crippen LogP contribution in [-0.4, -0.2) is 63.3 Å². The highest BCUT2D eigenvalue weighted by atomic mass is 16.6. The summed E-state index contributed by atoms with van der Waals surface area (Å²) in [4.78, 5) is 38.1. The molecule has 0 radical (unpaired) electrons. The van der Waals surface area contributed by atoms with Crippen molar-refractivity contribution in [2.75, 3.05) is 23.3 Å². The van der Waals surface area contributed by atoms with Crippen molar-refractivity contribution in [2.24, 2.45) is 17.8 Å². The van der Waals surface area contributed by atoms with Crippen molar-refractivity contribution < 1.29 is 19.4 Å². The van der Waals surface area contributed by atoms with E-state index in [2.05, 4.69) is 32.2 Å². The highest BCUT2D eigenvalue weighted by Gasteiger charge is 2.50. The smallest absolute Gasteiger partial charge is 0.410 e. The van der Waals surface area contributed by atoms with E-state index in [0.29, 0.717) is 24.3 Å². The molecule has 2 saturated heterocycles. The zero-order valence-corrected chi connectivity index (χ0v) is 23.2. The van der Waals surface area contributed by atoms with Gasteiger partial charge >= 0.3 is 12.1 Å². The molecular weight excluding hydrogens is 506 g/mol. The number of fused-ring (bicyclic) bond motifs is 1. The maximum Gasteiger partial charge on any atom is 0.410 e. The summed E-state index contributed by atoms with van der Waals surface area (Å²) in [5, 5.41) is 12.7. The van der Waals surface area contributed by atoms with Gasteiger partial charge < -0.3 is 20.1 Å². The summed E-state index contributed by atoms with van der Waals surface area (Å²) in [6.07, 6.45) is 11.3. The van der Waals surface area contributed by atoms with Gasteiger partial charge in [-0.15, -0.1) is 0 Å². The molecule has 2 aliphatic heterocycles. The Kier molecular flexibility index (Phi) is 8.07. The molecule has 3 atom stereocenters. The Morgan fingerprint density at radius 1 is 1.00 bits per heavy atom. The molecular formula is C31H41N5O4. The maximum absolute atomic E-state index is 13.2. The summed E-state index contributed by atoms with van der Waals surface area (Å²) in [5.74, 6) is 1.65. The summed E-state index contributed by atoms with van der Waals surface area (Å²) in [7, 11) is 0. The topological polar surface area (TPSA) is 108 Å². The first-order valence-electron chi connectivity index (χ1n) is 15.1. The fourth-order valence-electron chi connectivity index (χ4n) is 7.52. The Hall–Kier alpha value is -3.36. The molecule has 3 unspecified atom stereocenters. The minimum atomic E-state index is -0.650. The van der Waals surface area contributed by atoms with Crippen LogP contribution in [-0.2, 0) is 16.1 Å². The molecule has 1 amide bonds. The van der Waals surface area contributed by atoms with Crippen molar-refractivity contribution in [3.8, 4) is 0 Å². The van der Waals surface area contributed by atoms with E-state index in [1.807, 2.05) is 24.3 Å². The van der Waals surface area contributed by atoms with Gasteiger partial charge in [0.15, 0.2) is 0 Å². The Bertz CT molecular complexity index is 1160. The van der Waals surface area contributed by atoms with Gasteiger partial charge in [0, 0.05) is 31.9 Å². The molecule has 40 heavy (non-hydrogen) atoms. The SMILES string of the molecule is O=C(O)C1CCC(CC2CCCC3C2OC(=O)N3C2CCN(c3ccnc(NCc4ccccc4)n3)CC2)CC1. The molecule has 3 heterocycles. The van der Waals surface area contributed by atoms with Crippen LogP contribution < -0.4 is 10.2 Å². The number of nitrogens with zero attached hydrogens (tertiary/aromatic N) is 4. The lowest BCUT2D eigenvalue weighted by Crippen LogP contribution is -2.51. The van der Waals surface area contributed by atoms with E-state index < -0.39 is 5.97 Å². The van der Waals surface area contributed by atoms with Crippen LogP contribution in [0.15, 0.2) is 42.6 Å². The second-order valence-corrected chi connectivity index (χ2v) is 12.1. The number of rotatable bonds is 8. The molecule has 1 aromatic carbocycles. The van der Waals surface area contributed by atoms with Crippen LogP contribution in [0.3, 0.4) is 0 Å². The number of benzene rings is 1. The number of piperidine rings is 1. The van der Waals surface area contributed by atoms with Gasteiger partial charge in [0.05, 0.1) is 12.0 Å². The number of aromatic nitrogens is 2. The summed E-state index contributed by atoms with van der Waals surface area (Å²) in [6, 6.07) is 12.6. The van der Waals surface area contributed by atoms with Crippen molar-refractivity contribution in [1.29, 1.82) is 0 Å². The number of carbonyl (C=O) groups is 2.